The number of carbonyl (C=O) groups excluding carboxylic acids is 1. The molecular weight excluding hydrogens is 306 g/mol. The molecule has 2 amide bonds. The number of hydrogen-bond acceptors (Lipinski definition) is 3. The Hall–Kier alpha value is -2.29. The first-order chi connectivity index (χ1) is 11.2. The molecule has 0 saturated carbocycles. The molecule has 0 radical (unpaired) electrons. The summed E-state index contributed by atoms with van der Waals surface area (Å²) in [5, 5.41) is 7.70. The molecule has 0 aliphatic heterocycles. The minimum atomic E-state index is -0.198. The Kier molecular flexibility index (Phi) is 6.67. The van der Waals surface area contributed by atoms with E-state index < -0.39 is 0 Å². The number of rotatable bonds is 5. The Morgan fingerprint density at radius 2 is 1.96 bits per heavy atom. The number of nitrogens with zero attached hydrogens (tertiary/aromatic N) is 1. The highest BCUT2D eigenvalue weighted by atomic mass is 32.1. The van der Waals surface area contributed by atoms with Gasteiger partial charge in [0.25, 0.3) is 0 Å². The second-order valence-electron chi connectivity index (χ2n) is 5.23. The van der Waals surface area contributed by atoms with Crippen LogP contribution < -0.4 is 10.6 Å². The normalized spacial score (nSPS) is 11.4. The number of thiophene rings is 1. The van der Waals surface area contributed by atoms with Gasteiger partial charge in [-0.3, -0.25) is 0 Å². The van der Waals surface area contributed by atoms with E-state index in [1.165, 1.54) is 4.88 Å². The molecule has 0 aliphatic rings. The lowest BCUT2D eigenvalue weighted by Gasteiger charge is -2.23. The molecule has 0 aliphatic carbocycles. The maximum absolute atomic E-state index is 11.8. The summed E-state index contributed by atoms with van der Waals surface area (Å²) >= 11 is 1.69. The van der Waals surface area contributed by atoms with Crippen molar-refractivity contribution in [3.63, 3.8) is 0 Å². The van der Waals surface area contributed by atoms with Gasteiger partial charge in [0.15, 0.2) is 0 Å². The van der Waals surface area contributed by atoms with Gasteiger partial charge in [-0.25, -0.2) is 4.79 Å². The van der Waals surface area contributed by atoms with Crippen LogP contribution in [0.25, 0.3) is 0 Å². The molecule has 1 aromatic heterocycles. The highest BCUT2D eigenvalue weighted by Crippen LogP contribution is 2.22. The molecule has 4 nitrogen and oxygen atoms in total. The molecule has 0 fully saturated rings. The first-order valence-corrected chi connectivity index (χ1v) is 8.30. The lowest BCUT2D eigenvalue weighted by atomic mass is 10.2. The van der Waals surface area contributed by atoms with Crippen LogP contribution in [0.3, 0.4) is 0 Å². The van der Waals surface area contributed by atoms with Gasteiger partial charge in [-0.05, 0) is 37.7 Å². The van der Waals surface area contributed by atoms with Gasteiger partial charge in [-0.1, -0.05) is 36.1 Å². The van der Waals surface area contributed by atoms with Crippen LogP contribution in [-0.2, 0) is 0 Å². The molecule has 5 heteroatoms. The molecule has 2 rings (SSSR count). The minimum absolute atomic E-state index is 0.177. The highest BCUT2D eigenvalue weighted by molar-refractivity contribution is 7.10. The zero-order valence-corrected chi connectivity index (χ0v) is 14.2. The summed E-state index contributed by atoms with van der Waals surface area (Å²) in [6.45, 7) is 0.887. The minimum Gasteiger partial charge on any atom is -0.336 e. The summed E-state index contributed by atoms with van der Waals surface area (Å²) in [7, 11) is 4.02. The fourth-order valence-electron chi connectivity index (χ4n) is 2.06. The third-order valence-electron chi connectivity index (χ3n) is 3.29. The first-order valence-electron chi connectivity index (χ1n) is 7.42. The number of urea groups is 1. The molecule has 0 spiro atoms. The maximum Gasteiger partial charge on any atom is 0.315 e. The fourth-order valence-corrected chi connectivity index (χ4v) is 2.99. The van der Waals surface area contributed by atoms with Gasteiger partial charge in [0.1, 0.15) is 0 Å². The monoisotopic (exact) mass is 327 g/mol. The predicted molar refractivity (Wildman–Crippen MR) is 95.5 cm³/mol. The van der Waals surface area contributed by atoms with Crippen molar-refractivity contribution < 1.29 is 4.79 Å². The van der Waals surface area contributed by atoms with Crippen LogP contribution in [0.2, 0.25) is 0 Å². The molecule has 0 saturated heterocycles. The molecular formula is C18H21N3OS. The molecule has 1 unspecified atom stereocenters. The van der Waals surface area contributed by atoms with Crippen molar-refractivity contribution >= 4 is 17.4 Å². The van der Waals surface area contributed by atoms with Gasteiger partial charge in [0.05, 0.1) is 12.6 Å². The average molecular weight is 327 g/mol. The smallest absolute Gasteiger partial charge is 0.315 e. The zero-order valence-electron chi connectivity index (χ0n) is 13.4. The Morgan fingerprint density at radius 3 is 2.61 bits per heavy atom. The van der Waals surface area contributed by atoms with Crippen molar-refractivity contribution in [1.82, 2.24) is 15.5 Å². The second kappa shape index (κ2) is 8.99. The number of hydrogen-bond donors (Lipinski definition) is 2. The Morgan fingerprint density at radius 1 is 1.17 bits per heavy atom. The third-order valence-corrected chi connectivity index (χ3v) is 4.27. The van der Waals surface area contributed by atoms with Crippen LogP contribution in [-0.4, -0.2) is 38.1 Å². The van der Waals surface area contributed by atoms with E-state index in [2.05, 4.69) is 33.4 Å². The second-order valence-corrected chi connectivity index (χ2v) is 6.21. The summed E-state index contributed by atoms with van der Waals surface area (Å²) < 4.78 is 0. The van der Waals surface area contributed by atoms with Crippen LogP contribution in [0.1, 0.15) is 16.5 Å². The molecule has 1 atom stereocenters. The zero-order chi connectivity index (χ0) is 16.5. The molecule has 23 heavy (non-hydrogen) atoms. The van der Waals surface area contributed by atoms with Crippen molar-refractivity contribution in [1.29, 1.82) is 0 Å². The summed E-state index contributed by atoms with van der Waals surface area (Å²) in [6, 6.07) is 13.8. The van der Waals surface area contributed by atoms with Crippen LogP contribution >= 0.6 is 11.3 Å². The third kappa shape index (κ3) is 5.78. The quantitative estimate of drug-likeness (QED) is 0.830. The molecule has 1 heterocycles. The predicted octanol–water partition coefficient (Wildman–Crippen LogP) is 2.70. The standard InChI is InChI=1S/C18H21N3OS/c1-21(2)16(17-11-7-13-23-17)14-20-18(22)19-12-6-10-15-8-4-3-5-9-15/h3-5,7-9,11,13,16H,12,14H2,1-2H3,(H2,19,20,22). The van der Waals surface area contributed by atoms with Gasteiger partial charge in [0, 0.05) is 17.0 Å². The number of nitrogens with one attached hydrogen (secondary N) is 2. The van der Waals surface area contributed by atoms with E-state index in [4.69, 9.17) is 0 Å². The number of amides is 2. The van der Waals surface area contributed by atoms with E-state index in [0.717, 1.165) is 5.56 Å². The lowest BCUT2D eigenvalue weighted by molar-refractivity contribution is 0.234. The topological polar surface area (TPSA) is 44.4 Å². The van der Waals surface area contributed by atoms with Crippen molar-refractivity contribution in [2.45, 2.75) is 6.04 Å². The van der Waals surface area contributed by atoms with Gasteiger partial charge in [-0.15, -0.1) is 11.3 Å². The summed E-state index contributed by atoms with van der Waals surface area (Å²) in [5.41, 5.74) is 0.945. The molecule has 0 bridgehead atoms. The highest BCUT2D eigenvalue weighted by Gasteiger charge is 2.15. The van der Waals surface area contributed by atoms with Crippen molar-refractivity contribution in [2.75, 3.05) is 27.2 Å². The van der Waals surface area contributed by atoms with E-state index in [-0.39, 0.29) is 12.1 Å². The van der Waals surface area contributed by atoms with E-state index in [1.807, 2.05) is 55.9 Å². The van der Waals surface area contributed by atoms with Crippen LogP contribution in [0.5, 0.6) is 0 Å². The van der Waals surface area contributed by atoms with Crippen LogP contribution in [0.15, 0.2) is 47.8 Å². The summed E-state index contributed by atoms with van der Waals surface area (Å²) in [5.74, 6) is 5.95. The van der Waals surface area contributed by atoms with Crippen molar-refractivity contribution in [3.05, 3.63) is 58.3 Å². The van der Waals surface area contributed by atoms with Crippen molar-refractivity contribution in [2.24, 2.45) is 0 Å². The van der Waals surface area contributed by atoms with E-state index in [0.29, 0.717) is 13.1 Å². The van der Waals surface area contributed by atoms with E-state index in [9.17, 15) is 4.79 Å². The molecule has 2 aromatic rings. The van der Waals surface area contributed by atoms with Crippen LogP contribution in [0, 0.1) is 11.8 Å². The number of likely N-dealkylation sites (N-methyl/N-ethyl adjacent to an activating group) is 1. The Balaban J connectivity index is 1.75. The summed E-state index contributed by atoms with van der Waals surface area (Å²) in [6.07, 6.45) is 0. The Bertz CT molecular complexity index is 657. The largest absolute Gasteiger partial charge is 0.336 e. The molecule has 120 valence electrons. The Labute approximate surface area is 141 Å². The van der Waals surface area contributed by atoms with E-state index >= 15 is 0 Å². The molecule has 1 aromatic carbocycles. The van der Waals surface area contributed by atoms with Gasteiger partial charge < -0.3 is 15.5 Å². The van der Waals surface area contributed by atoms with Crippen LogP contribution in [0.4, 0.5) is 4.79 Å². The lowest BCUT2D eigenvalue weighted by Crippen LogP contribution is -2.40. The summed E-state index contributed by atoms with van der Waals surface area (Å²) in [4.78, 5) is 15.2. The average Bonchev–Trinajstić information content (AvgIpc) is 3.06. The van der Waals surface area contributed by atoms with Crippen molar-refractivity contribution in [3.8, 4) is 11.8 Å². The van der Waals surface area contributed by atoms with Gasteiger partial charge in [-0.2, -0.15) is 0 Å². The van der Waals surface area contributed by atoms with Gasteiger partial charge in [0.2, 0.25) is 0 Å². The van der Waals surface area contributed by atoms with E-state index in [1.54, 1.807) is 11.3 Å². The first kappa shape index (κ1) is 17.1. The molecule has 2 N–H and O–H groups in total. The number of carbonyl (C=O) groups is 1. The maximum atomic E-state index is 11.8. The fraction of sp³-hybridized carbons (Fsp3) is 0.278. The SMILES string of the molecule is CN(C)C(CNC(=O)NCC#Cc1ccccc1)c1cccs1. The van der Waals surface area contributed by atoms with Gasteiger partial charge >= 0.3 is 6.03 Å². The number of benzene rings is 1.